The zero-order valence-corrected chi connectivity index (χ0v) is 12.9. The summed E-state index contributed by atoms with van der Waals surface area (Å²) in [6.45, 7) is 5.96. The second-order valence-electron chi connectivity index (χ2n) is 5.26. The van der Waals surface area contributed by atoms with E-state index in [-0.39, 0.29) is 6.04 Å². The molecule has 0 aliphatic carbocycles. The van der Waals surface area contributed by atoms with Crippen LogP contribution < -0.4 is 10.5 Å². The summed E-state index contributed by atoms with van der Waals surface area (Å²) >= 11 is 6.18. The Kier molecular flexibility index (Phi) is 4.69. The molecule has 2 rings (SSSR count). The van der Waals surface area contributed by atoms with Crippen molar-refractivity contribution in [3.8, 4) is 11.5 Å². The molecule has 1 unspecified atom stereocenters. The molecule has 2 N–H and O–H groups in total. The summed E-state index contributed by atoms with van der Waals surface area (Å²) in [7, 11) is 0. The van der Waals surface area contributed by atoms with E-state index in [0.717, 1.165) is 39.6 Å². The molecular formula is C17H20ClNO. The fraction of sp³-hybridized carbons (Fsp3) is 0.294. The van der Waals surface area contributed by atoms with Crippen molar-refractivity contribution in [2.24, 2.45) is 5.73 Å². The molecule has 2 nitrogen and oxygen atoms in total. The average molecular weight is 290 g/mol. The Labute approximate surface area is 125 Å². The van der Waals surface area contributed by atoms with Crippen LogP contribution in [0.4, 0.5) is 0 Å². The highest BCUT2D eigenvalue weighted by Gasteiger charge is 2.09. The minimum absolute atomic E-state index is 0.105. The van der Waals surface area contributed by atoms with Gasteiger partial charge in [-0.05, 0) is 62.1 Å². The van der Waals surface area contributed by atoms with Crippen molar-refractivity contribution in [1.82, 2.24) is 0 Å². The fourth-order valence-corrected chi connectivity index (χ4v) is 2.32. The summed E-state index contributed by atoms with van der Waals surface area (Å²) in [5, 5.41) is 0.793. The van der Waals surface area contributed by atoms with Crippen LogP contribution in [0.15, 0.2) is 36.4 Å². The Bertz CT molecular complexity index is 585. The van der Waals surface area contributed by atoms with E-state index in [4.69, 9.17) is 22.1 Å². The van der Waals surface area contributed by atoms with Crippen LogP contribution in [-0.4, -0.2) is 6.04 Å². The van der Waals surface area contributed by atoms with Crippen molar-refractivity contribution in [2.45, 2.75) is 33.2 Å². The van der Waals surface area contributed by atoms with E-state index in [1.165, 1.54) is 0 Å². The third kappa shape index (κ3) is 3.53. The number of rotatable bonds is 4. The van der Waals surface area contributed by atoms with Crippen LogP contribution in [0.5, 0.6) is 11.5 Å². The van der Waals surface area contributed by atoms with Crippen LogP contribution in [0.25, 0.3) is 0 Å². The molecule has 0 saturated heterocycles. The standard InChI is InChI=1S/C17H20ClNO/c1-11-8-15(9-12(2)17(11)18)20-16-7-5-4-6-14(16)10-13(3)19/h4-9,13H,10,19H2,1-3H3. The Balaban J connectivity index is 2.30. The van der Waals surface area contributed by atoms with Crippen molar-refractivity contribution in [1.29, 1.82) is 0 Å². The van der Waals surface area contributed by atoms with Crippen molar-refractivity contribution < 1.29 is 4.74 Å². The van der Waals surface area contributed by atoms with Crippen LogP contribution in [0, 0.1) is 13.8 Å². The smallest absolute Gasteiger partial charge is 0.130 e. The van der Waals surface area contributed by atoms with E-state index < -0.39 is 0 Å². The molecule has 0 amide bonds. The third-order valence-corrected chi connectivity index (χ3v) is 3.75. The number of benzene rings is 2. The minimum atomic E-state index is 0.105. The topological polar surface area (TPSA) is 35.2 Å². The molecule has 3 heteroatoms. The molecule has 0 aliphatic rings. The zero-order chi connectivity index (χ0) is 14.7. The maximum Gasteiger partial charge on any atom is 0.130 e. The molecule has 0 saturated carbocycles. The first-order chi connectivity index (χ1) is 9.47. The highest BCUT2D eigenvalue weighted by atomic mass is 35.5. The van der Waals surface area contributed by atoms with Gasteiger partial charge in [0.1, 0.15) is 11.5 Å². The summed E-state index contributed by atoms with van der Waals surface area (Å²) in [4.78, 5) is 0. The molecule has 0 fully saturated rings. The van der Waals surface area contributed by atoms with Crippen LogP contribution in [0.2, 0.25) is 5.02 Å². The van der Waals surface area contributed by atoms with Gasteiger partial charge in [-0.2, -0.15) is 0 Å². The number of aryl methyl sites for hydroxylation is 2. The lowest BCUT2D eigenvalue weighted by Gasteiger charge is -2.14. The van der Waals surface area contributed by atoms with E-state index in [1.54, 1.807) is 0 Å². The second-order valence-corrected chi connectivity index (χ2v) is 5.64. The zero-order valence-electron chi connectivity index (χ0n) is 12.1. The predicted octanol–water partition coefficient (Wildman–Crippen LogP) is 4.64. The lowest BCUT2D eigenvalue weighted by Crippen LogP contribution is -2.18. The number of halogens is 1. The first-order valence-corrected chi connectivity index (χ1v) is 7.13. The predicted molar refractivity (Wildman–Crippen MR) is 84.8 cm³/mol. The first-order valence-electron chi connectivity index (χ1n) is 6.75. The molecule has 2 aromatic rings. The largest absolute Gasteiger partial charge is 0.457 e. The van der Waals surface area contributed by atoms with Gasteiger partial charge in [-0.25, -0.2) is 0 Å². The Morgan fingerprint density at radius 3 is 2.35 bits per heavy atom. The van der Waals surface area contributed by atoms with E-state index in [2.05, 4.69) is 0 Å². The van der Waals surface area contributed by atoms with Crippen LogP contribution in [-0.2, 0) is 6.42 Å². The molecule has 0 bridgehead atoms. The van der Waals surface area contributed by atoms with E-state index in [1.807, 2.05) is 57.2 Å². The summed E-state index contributed by atoms with van der Waals surface area (Å²) in [6.07, 6.45) is 0.793. The van der Waals surface area contributed by atoms with Crippen molar-refractivity contribution >= 4 is 11.6 Å². The van der Waals surface area contributed by atoms with Crippen molar-refractivity contribution in [3.05, 3.63) is 58.1 Å². The Morgan fingerprint density at radius 1 is 1.15 bits per heavy atom. The number of nitrogens with two attached hydrogens (primary N) is 1. The van der Waals surface area contributed by atoms with Gasteiger partial charge in [0.05, 0.1) is 0 Å². The van der Waals surface area contributed by atoms with E-state index >= 15 is 0 Å². The van der Waals surface area contributed by atoms with Gasteiger partial charge < -0.3 is 10.5 Å². The van der Waals surface area contributed by atoms with Crippen LogP contribution in [0.1, 0.15) is 23.6 Å². The van der Waals surface area contributed by atoms with Gasteiger partial charge in [-0.15, -0.1) is 0 Å². The lowest BCUT2D eigenvalue weighted by molar-refractivity contribution is 0.473. The Morgan fingerprint density at radius 2 is 1.75 bits per heavy atom. The second kappa shape index (κ2) is 6.29. The highest BCUT2D eigenvalue weighted by molar-refractivity contribution is 6.32. The van der Waals surface area contributed by atoms with Gasteiger partial charge in [-0.1, -0.05) is 29.8 Å². The number of para-hydroxylation sites is 1. The number of hydrogen-bond donors (Lipinski definition) is 1. The molecule has 0 radical (unpaired) electrons. The number of hydrogen-bond acceptors (Lipinski definition) is 2. The maximum absolute atomic E-state index is 6.18. The molecule has 20 heavy (non-hydrogen) atoms. The highest BCUT2D eigenvalue weighted by Crippen LogP contribution is 2.31. The molecule has 0 aliphatic heterocycles. The molecule has 0 heterocycles. The molecule has 106 valence electrons. The van der Waals surface area contributed by atoms with Crippen molar-refractivity contribution in [2.75, 3.05) is 0 Å². The molecule has 0 aromatic heterocycles. The third-order valence-electron chi connectivity index (χ3n) is 3.15. The monoisotopic (exact) mass is 289 g/mol. The Hall–Kier alpha value is -1.51. The van der Waals surface area contributed by atoms with Gasteiger partial charge in [0.25, 0.3) is 0 Å². The van der Waals surface area contributed by atoms with Crippen molar-refractivity contribution in [3.63, 3.8) is 0 Å². The first kappa shape index (κ1) is 14.9. The van der Waals surface area contributed by atoms with Gasteiger partial charge in [0.15, 0.2) is 0 Å². The fourth-order valence-electron chi connectivity index (χ4n) is 2.21. The average Bonchev–Trinajstić information content (AvgIpc) is 2.37. The minimum Gasteiger partial charge on any atom is -0.457 e. The molecule has 1 atom stereocenters. The lowest BCUT2D eigenvalue weighted by atomic mass is 10.1. The quantitative estimate of drug-likeness (QED) is 0.890. The van der Waals surface area contributed by atoms with Crippen LogP contribution in [0.3, 0.4) is 0 Å². The summed E-state index contributed by atoms with van der Waals surface area (Å²) in [5.41, 5.74) is 9.04. The van der Waals surface area contributed by atoms with Gasteiger partial charge in [-0.3, -0.25) is 0 Å². The van der Waals surface area contributed by atoms with E-state index in [0.29, 0.717) is 0 Å². The van der Waals surface area contributed by atoms with E-state index in [9.17, 15) is 0 Å². The maximum atomic E-state index is 6.18. The molecule has 0 spiro atoms. The van der Waals surface area contributed by atoms with Gasteiger partial charge >= 0.3 is 0 Å². The summed E-state index contributed by atoms with van der Waals surface area (Å²) in [5.74, 6) is 1.66. The summed E-state index contributed by atoms with van der Waals surface area (Å²) in [6, 6.07) is 12.0. The van der Waals surface area contributed by atoms with Gasteiger partial charge in [0.2, 0.25) is 0 Å². The normalized spacial score (nSPS) is 12.2. The van der Waals surface area contributed by atoms with Crippen LogP contribution >= 0.6 is 11.6 Å². The molecule has 2 aromatic carbocycles. The molecular weight excluding hydrogens is 270 g/mol. The SMILES string of the molecule is Cc1cc(Oc2ccccc2CC(C)N)cc(C)c1Cl. The van der Waals surface area contributed by atoms with Gasteiger partial charge in [0, 0.05) is 11.1 Å². The number of ether oxygens (including phenoxy) is 1. The summed E-state index contributed by atoms with van der Waals surface area (Å²) < 4.78 is 6.01.